The van der Waals surface area contributed by atoms with E-state index in [1.807, 2.05) is 72.8 Å². The standard InChI is InChI=1S/C120H174O12/c1-7-13-19-25-31-37-43-49-55-61-67-97-73-85-103(86-74-97)127-115(121)109-110(116(122)128-104-87-75-98(76-88-104)68-62-56-50-44-38-32-26-20-14-8-2)112(118(124)130-106-91-79-100(80-92-106)70-64-58-52-46-40-34-28-22-16-10-4)114(120(126)132-108-95-83-102(84-96-108)72-66-60-54-48-42-36-30-24-18-12-6)113(119(125)131-107-93-81-101(82-94-107)71-65-59-53-47-41-35-29-23-17-11-5)111(109)117(123)129-105-89-77-99(78-90-105)69-63-57-51-45-39-33-27-21-15-9-3/h73-96H,7-72H2,1-6H3. The molecule has 0 amide bonds. The van der Waals surface area contributed by atoms with Gasteiger partial charge < -0.3 is 28.4 Å². The first-order valence-corrected chi connectivity index (χ1v) is 54.0. The SMILES string of the molecule is CCCCCCCCCCCCc1ccc(OC(=O)c2c(C(=O)Oc3ccc(CCCCCCCCCCCC)cc3)c(C(=O)Oc3ccc(CCCCCCCCCCCC)cc3)c(C(=O)Oc3ccc(CCCCCCCCCCCC)cc3)c(C(=O)Oc3ccc(CCCCCCCCCCCC)cc3)c2C(=O)Oc2ccc(CCCCCCCCCCCC)cc2)cc1. The summed E-state index contributed by atoms with van der Waals surface area (Å²) in [7, 11) is 0. The number of ether oxygens (including phenoxy) is 6. The molecule has 0 bridgehead atoms. The molecule has 726 valence electrons. The quantitative estimate of drug-likeness (QED) is 0.0202. The fourth-order valence-corrected chi connectivity index (χ4v) is 18.2. The third-order valence-corrected chi connectivity index (χ3v) is 26.4. The summed E-state index contributed by atoms with van der Waals surface area (Å²) in [6, 6.07) is 42.3. The summed E-state index contributed by atoms with van der Waals surface area (Å²) in [5.41, 5.74) is 0.541. The van der Waals surface area contributed by atoms with Crippen LogP contribution in [0.2, 0.25) is 0 Å². The number of hydrogen-bond donors (Lipinski definition) is 0. The fraction of sp³-hybridized carbons (Fsp3) is 0.600. The fourth-order valence-electron chi connectivity index (χ4n) is 18.2. The van der Waals surface area contributed by atoms with E-state index in [4.69, 9.17) is 28.4 Å². The summed E-state index contributed by atoms with van der Waals surface area (Å²) in [5.74, 6) is -8.03. The second kappa shape index (κ2) is 71.0. The zero-order valence-electron chi connectivity index (χ0n) is 83.4. The van der Waals surface area contributed by atoms with Crippen molar-refractivity contribution in [2.24, 2.45) is 0 Å². The third-order valence-electron chi connectivity index (χ3n) is 26.4. The van der Waals surface area contributed by atoms with E-state index in [-0.39, 0.29) is 34.5 Å². The van der Waals surface area contributed by atoms with E-state index < -0.39 is 69.2 Å². The number of benzene rings is 7. The van der Waals surface area contributed by atoms with Gasteiger partial charge in [-0.05, 0) is 183 Å². The topological polar surface area (TPSA) is 158 Å². The normalized spacial score (nSPS) is 11.3. The van der Waals surface area contributed by atoms with Gasteiger partial charge in [-0.2, -0.15) is 0 Å². The number of rotatable bonds is 78. The van der Waals surface area contributed by atoms with Crippen LogP contribution >= 0.6 is 0 Å². The number of aryl methyl sites for hydroxylation is 6. The van der Waals surface area contributed by atoms with Crippen LogP contribution in [-0.4, -0.2) is 35.8 Å². The molecule has 12 nitrogen and oxygen atoms in total. The first-order chi connectivity index (χ1) is 64.9. The molecule has 0 N–H and O–H groups in total. The first kappa shape index (κ1) is 110. The zero-order chi connectivity index (χ0) is 93.7. The minimum Gasteiger partial charge on any atom is -0.423 e. The number of carbonyl (C=O) groups is 6. The Morgan fingerprint density at radius 1 is 0.136 bits per heavy atom. The van der Waals surface area contributed by atoms with Gasteiger partial charge in [0.15, 0.2) is 0 Å². The Kier molecular flexibility index (Phi) is 59.3. The molecule has 0 fully saturated rings. The van der Waals surface area contributed by atoms with Gasteiger partial charge in [0.05, 0.1) is 33.4 Å². The van der Waals surface area contributed by atoms with Gasteiger partial charge in [-0.1, -0.05) is 461 Å². The van der Waals surface area contributed by atoms with Crippen LogP contribution in [0.1, 0.15) is 522 Å². The van der Waals surface area contributed by atoms with Crippen LogP contribution < -0.4 is 28.4 Å². The Labute approximate surface area is 800 Å². The van der Waals surface area contributed by atoms with Crippen molar-refractivity contribution in [3.05, 3.63) is 212 Å². The molecule has 12 heteroatoms. The molecule has 0 saturated carbocycles. The molecule has 132 heavy (non-hydrogen) atoms. The Bertz CT molecular complexity index is 3490. The second-order valence-electron chi connectivity index (χ2n) is 38.0. The van der Waals surface area contributed by atoms with Crippen molar-refractivity contribution in [1.82, 2.24) is 0 Å². The molecular formula is C120H174O12. The highest BCUT2D eigenvalue weighted by atomic mass is 16.6. The Morgan fingerprint density at radius 2 is 0.227 bits per heavy atom. The highest BCUT2D eigenvalue weighted by Gasteiger charge is 2.45. The van der Waals surface area contributed by atoms with Crippen LogP contribution in [0.25, 0.3) is 0 Å². The minimum absolute atomic E-state index is 0.0191. The Morgan fingerprint density at radius 3 is 0.326 bits per heavy atom. The third kappa shape index (κ3) is 46.1. The number of esters is 6. The smallest absolute Gasteiger partial charge is 0.345 e. The predicted molar refractivity (Wildman–Crippen MR) is 548 cm³/mol. The van der Waals surface area contributed by atoms with Crippen molar-refractivity contribution in [3.8, 4) is 34.5 Å². The lowest BCUT2D eigenvalue weighted by molar-refractivity contribution is 0.0635. The van der Waals surface area contributed by atoms with Crippen molar-refractivity contribution in [2.75, 3.05) is 0 Å². The van der Waals surface area contributed by atoms with Crippen molar-refractivity contribution < 1.29 is 57.2 Å². The van der Waals surface area contributed by atoms with Crippen LogP contribution in [0.5, 0.6) is 34.5 Å². The molecule has 7 rings (SSSR count). The van der Waals surface area contributed by atoms with E-state index in [0.29, 0.717) is 0 Å². The summed E-state index contributed by atoms with van der Waals surface area (Å²) >= 11 is 0. The Balaban J connectivity index is 1.39. The molecule has 0 aliphatic heterocycles. The maximum absolute atomic E-state index is 16.5. The van der Waals surface area contributed by atoms with Gasteiger partial charge in [0.2, 0.25) is 0 Å². The molecule has 0 aromatic heterocycles. The van der Waals surface area contributed by atoms with Gasteiger partial charge in [0.25, 0.3) is 0 Å². The van der Waals surface area contributed by atoms with Crippen LogP contribution in [-0.2, 0) is 38.5 Å². The summed E-state index contributed by atoms with van der Waals surface area (Å²) in [5, 5.41) is 0. The zero-order valence-corrected chi connectivity index (χ0v) is 83.4. The lowest BCUT2D eigenvalue weighted by atomic mass is 9.85. The van der Waals surface area contributed by atoms with E-state index in [1.165, 1.54) is 270 Å². The van der Waals surface area contributed by atoms with E-state index in [0.717, 1.165) is 187 Å². The second-order valence-corrected chi connectivity index (χ2v) is 38.0. The van der Waals surface area contributed by atoms with Crippen molar-refractivity contribution >= 4 is 35.8 Å². The van der Waals surface area contributed by atoms with Gasteiger partial charge in [0.1, 0.15) is 34.5 Å². The van der Waals surface area contributed by atoms with Gasteiger partial charge in [-0.3, -0.25) is 0 Å². The molecule has 7 aromatic rings. The molecule has 0 heterocycles. The van der Waals surface area contributed by atoms with E-state index in [1.54, 1.807) is 72.8 Å². The maximum atomic E-state index is 16.5. The lowest BCUT2D eigenvalue weighted by Gasteiger charge is -2.22. The van der Waals surface area contributed by atoms with Gasteiger partial charge in [0, 0.05) is 0 Å². The molecule has 0 aliphatic rings. The summed E-state index contributed by atoms with van der Waals surface area (Å²) in [4.78, 5) is 98.9. The molecule has 0 unspecified atom stereocenters. The van der Waals surface area contributed by atoms with E-state index in [9.17, 15) is 0 Å². The van der Waals surface area contributed by atoms with E-state index in [2.05, 4.69) is 41.5 Å². The van der Waals surface area contributed by atoms with Crippen molar-refractivity contribution in [2.45, 2.75) is 465 Å². The summed E-state index contributed by atoms with van der Waals surface area (Å²) < 4.78 is 38.6. The van der Waals surface area contributed by atoms with Gasteiger partial charge >= 0.3 is 35.8 Å². The maximum Gasteiger partial charge on any atom is 0.345 e. The molecule has 0 saturated heterocycles. The van der Waals surface area contributed by atoms with Crippen LogP contribution in [0.4, 0.5) is 0 Å². The van der Waals surface area contributed by atoms with E-state index >= 15 is 28.8 Å². The molecule has 0 radical (unpaired) electrons. The largest absolute Gasteiger partial charge is 0.423 e. The highest BCUT2D eigenvalue weighted by molar-refractivity contribution is 6.25. The lowest BCUT2D eigenvalue weighted by Crippen LogP contribution is -2.34. The van der Waals surface area contributed by atoms with Crippen LogP contribution in [0.15, 0.2) is 146 Å². The molecule has 0 atom stereocenters. The van der Waals surface area contributed by atoms with Crippen molar-refractivity contribution in [3.63, 3.8) is 0 Å². The average molecular weight is 1810 g/mol. The monoisotopic (exact) mass is 1810 g/mol. The van der Waals surface area contributed by atoms with Crippen LogP contribution in [0.3, 0.4) is 0 Å². The predicted octanol–water partition coefficient (Wildman–Crippen LogP) is 35.8. The number of unbranched alkanes of at least 4 members (excludes halogenated alkanes) is 54. The molecule has 0 aliphatic carbocycles. The van der Waals surface area contributed by atoms with Gasteiger partial charge in [-0.25, -0.2) is 28.8 Å². The summed E-state index contributed by atoms with van der Waals surface area (Å²) in [6.45, 7) is 13.5. The molecule has 0 spiro atoms. The Hall–Kier alpha value is -8.64. The summed E-state index contributed by atoms with van der Waals surface area (Å²) in [6.07, 6.45) is 76.3. The highest BCUT2D eigenvalue weighted by Crippen LogP contribution is 2.38. The molecular weight excluding hydrogens is 1630 g/mol. The number of hydrogen-bond acceptors (Lipinski definition) is 12. The van der Waals surface area contributed by atoms with Crippen LogP contribution in [0, 0.1) is 0 Å². The average Bonchev–Trinajstić information content (AvgIpc) is 0.724. The molecule has 7 aromatic carbocycles. The number of carbonyl (C=O) groups excluding carboxylic acids is 6. The van der Waals surface area contributed by atoms with Gasteiger partial charge in [-0.15, -0.1) is 0 Å². The first-order valence-electron chi connectivity index (χ1n) is 54.0. The minimum atomic E-state index is -1.36. The van der Waals surface area contributed by atoms with Crippen molar-refractivity contribution in [1.29, 1.82) is 0 Å².